The Kier molecular flexibility index (Phi) is 10.3. The number of hydrogen-bond donors (Lipinski definition) is 1. The molecule has 1 aliphatic heterocycles. The number of carbonyl (C=O) groups is 3. The molecule has 0 saturated carbocycles. The Balaban J connectivity index is 1.47. The first-order valence-electron chi connectivity index (χ1n) is 11.0. The molecule has 2 aromatic carbocycles. The number of benzene rings is 2. The van der Waals surface area contributed by atoms with E-state index in [0.717, 1.165) is 4.90 Å². The summed E-state index contributed by atoms with van der Waals surface area (Å²) in [5.74, 6) is -1.21. The number of carbonyl (C=O) groups excluding carboxylic acids is 3. The summed E-state index contributed by atoms with van der Waals surface area (Å²) in [5.41, 5.74) is 0.993. The van der Waals surface area contributed by atoms with Crippen molar-refractivity contribution >= 4 is 25.6 Å². The molecule has 0 radical (unpaired) electrons. The lowest BCUT2D eigenvalue weighted by Gasteiger charge is -2.19. The van der Waals surface area contributed by atoms with Crippen LogP contribution in [0.4, 0.5) is 0 Å². The second-order valence-electron chi connectivity index (χ2n) is 7.28. The molecule has 11 nitrogen and oxygen atoms in total. The Hall–Kier alpha value is -3.34. The third-order valence-corrected chi connectivity index (χ3v) is 6.17. The Morgan fingerprint density at radius 1 is 0.833 bits per heavy atom. The number of imide groups is 1. The minimum atomic E-state index is -4.15. The maximum atomic E-state index is 13.2. The molecule has 12 heteroatoms. The third kappa shape index (κ3) is 8.40. The van der Waals surface area contributed by atoms with Crippen molar-refractivity contribution in [3.8, 4) is 5.75 Å². The standard InChI is InChI=1S/C24H26NO10P/c26-18-19-6-8-21(9-7-19)35-36(30,34-17-15-32-24(29)20-4-2-1-3-5-20)33-16-14-31-13-12-25-22(27)10-11-23(25)28/h1-11,26H,12-18H2. The van der Waals surface area contributed by atoms with Crippen LogP contribution in [0.15, 0.2) is 66.7 Å². The van der Waals surface area contributed by atoms with Gasteiger partial charge in [-0.1, -0.05) is 30.3 Å². The molecule has 0 fully saturated rings. The van der Waals surface area contributed by atoms with Gasteiger partial charge in [-0.15, -0.1) is 0 Å². The summed E-state index contributed by atoms with van der Waals surface area (Å²) in [6.07, 6.45) is 2.36. The molecule has 0 spiro atoms. The number of amides is 2. The highest BCUT2D eigenvalue weighted by atomic mass is 31.2. The fourth-order valence-electron chi connectivity index (χ4n) is 2.93. The molecule has 1 heterocycles. The smallest absolute Gasteiger partial charge is 0.460 e. The van der Waals surface area contributed by atoms with Gasteiger partial charge in [0.15, 0.2) is 0 Å². The van der Waals surface area contributed by atoms with Crippen molar-refractivity contribution in [2.45, 2.75) is 6.61 Å². The van der Waals surface area contributed by atoms with Crippen LogP contribution in [0.2, 0.25) is 0 Å². The van der Waals surface area contributed by atoms with Crippen LogP contribution in [-0.4, -0.2) is 67.4 Å². The lowest BCUT2D eigenvalue weighted by Crippen LogP contribution is -2.33. The minimum Gasteiger partial charge on any atom is -0.460 e. The summed E-state index contributed by atoms with van der Waals surface area (Å²) in [5, 5.41) is 9.17. The zero-order valence-corrected chi connectivity index (χ0v) is 20.2. The number of rotatable bonds is 15. The Labute approximate surface area is 207 Å². The maximum Gasteiger partial charge on any atom is 0.530 e. The van der Waals surface area contributed by atoms with Gasteiger partial charge in [-0.3, -0.25) is 23.5 Å². The van der Waals surface area contributed by atoms with E-state index in [4.69, 9.17) is 23.0 Å². The molecule has 2 amide bonds. The first-order valence-corrected chi connectivity index (χ1v) is 12.5. The van der Waals surface area contributed by atoms with Gasteiger partial charge in [0.2, 0.25) is 0 Å². The van der Waals surface area contributed by atoms with Crippen LogP contribution in [0.3, 0.4) is 0 Å². The van der Waals surface area contributed by atoms with Crippen molar-refractivity contribution in [1.82, 2.24) is 4.90 Å². The van der Waals surface area contributed by atoms with E-state index in [0.29, 0.717) is 11.1 Å². The third-order valence-electron chi connectivity index (χ3n) is 4.74. The number of hydrogen-bond acceptors (Lipinski definition) is 10. The van der Waals surface area contributed by atoms with Gasteiger partial charge in [0.05, 0.1) is 45.1 Å². The van der Waals surface area contributed by atoms with Gasteiger partial charge in [-0.05, 0) is 29.8 Å². The number of esters is 1. The first-order chi connectivity index (χ1) is 17.4. The average molecular weight is 519 g/mol. The molecule has 0 saturated heterocycles. The highest BCUT2D eigenvalue weighted by molar-refractivity contribution is 7.48. The molecule has 0 aromatic heterocycles. The van der Waals surface area contributed by atoms with Gasteiger partial charge < -0.3 is 19.1 Å². The molecule has 0 aliphatic carbocycles. The van der Waals surface area contributed by atoms with Gasteiger partial charge in [0.1, 0.15) is 12.4 Å². The quantitative estimate of drug-likeness (QED) is 0.162. The second kappa shape index (κ2) is 13.7. The largest absolute Gasteiger partial charge is 0.530 e. The van der Waals surface area contributed by atoms with Gasteiger partial charge in [0, 0.05) is 12.2 Å². The number of phosphoric ester groups is 1. The predicted octanol–water partition coefficient (Wildman–Crippen LogP) is 2.50. The van der Waals surface area contributed by atoms with E-state index >= 15 is 0 Å². The zero-order chi connectivity index (χ0) is 25.8. The van der Waals surface area contributed by atoms with Crippen LogP contribution in [0.5, 0.6) is 5.75 Å². The molecule has 1 atom stereocenters. The van der Waals surface area contributed by atoms with E-state index in [9.17, 15) is 24.1 Å². The number of nitrogens with zero attached hydrogens (tertiary/aromatic N) is 1. The Morgan fingerprint density at radius 2 is 1.47 bits per heavy atom. The van der Waals surface area contributed by atoms with Crippen molar-refractivity contribution in [1.29, 1.82) is 0 Å². The van der Waals surface area contributed by atoms with Crippen LogP contribution < -0.4 is 4.52 Å². The van der Waals surface area contributed by atoms with Crippen LogP contribution in [-0.2, 0) is 39.3 Å². The summed E-state index contributed by atoms with van der Waals surface area (Å²) in [4.78, 5) is 36.1. The Bertz CT molecular complexity index is 1090. The lowest BCUT2D eigenvalue weighted by molar-refractivity contribution is -0.137. The molecule has 3 rings (SSSR count). The highest BCUT2D eigenvalue weighted by Gasteiger charge is 2.29. The van der Waals surface area contributed by atoms with Crippen molar-refractivity contribution in [2.24, 2.45) is 0 Å². The van der Waals surface area contributed by atoms with Crippen molar-refractivity contribution in [3.05, 3.63) is 77.9 Å². The fraction of sp³-hybridized carbons (Fsp3) is 0.292. The second-order valence-corrected chi connectivity index (χ2v) is 8.88. The summed E-state index contributed by atoms with van der Waals surface area (Å²) >= 11 is 0. The molecule has 1 aliphatic rings. The fourth-order valence-corrected chi connectivity index (χ4v) is 4.09. The lowest BCUT2D eigenvalue weighted by atomic mass is 10.2. The van der Waals surface area contributed by atoms with Crippen LogP contribution in [0.25, 0.3) is 0 Å². The predicted molar refractivity (Wildman–Crippen MR) is 126 cm³/mol. The number of aliphatic hydroxyl groups excluding tert-OH is 1. The van der Waals surface area contributed by atoms with E-state index in [2.05, 4.69) is 0 Å². The number of aliphatic hydroxyl groups is 1. The van der Waals surface area contributed by atoms with Crippen LogP contribution in [0.1, 0.15) is 15.9 Å². The van der Waals surface area contributed by atoms with Gasteiger partial charge in [0.25, 0.3) is 11.8 Å². The molecule has 36 heavy (non-hydrogen) atoms. The Morgan fingerprint density at radius 3 is 2.11 bits per heavy atom. The van der Waals surface area contributed by atoms with E-state index in [1.165, 1.54) is 24.3 Å². The van der Waals surface area contributed by atoms with Crippen LogP contribution >= 0.6 is 7.82 Å². The SMILES string of the molecule is O=C(OCCOP(=O)(OCCOCCN1C(=O)C=CC1=O)Oc1ccc(CO)cc1)c1ccccc1. The van der Waals surface area contributed by atoms with E-state index in [-0.39, 0.29) is 51.9 Å². The van der Waals surface area contributed by atoms with Crippen LogP contribution in [0, 0.1) is 0 Å². The van der Waals surface area contributed by atoms with Gasteiger partial charge >= 0.3 is 13.8 Å². The molecule has 1 unspecified atom stereocenters. The monoisotopic (exact) mass is 519 g/mol. The molecule has 2 aromatic rings. The highest BCUT2D eigenvalue weighted by Crippen LogP contribution is 2.49. The molecular weight excluding hydrogens is 493 g/mol. The summed E-state index contributed by atoms with van der Waals surface area (Å²) in [6.45, 7) is -0.706. The average Bonchev–Trinajstić information content (AvgIpc) is 3.21. The summed E-state index contributed by atoms with van der Waals surface area (Å²) < 4.78 is 39.7. The van der Waals surface area contributed by atoms with E-state index < -0.39 is 25.6 Å². The first kappa shape index (κ1) is 27.3. The number of ether oxygens (including phenoxy) is 2. The normalized spacial score (nSPS) is 14.6. The minimum absolute atomic E-state index is 0.0210. The van der Waals surface area contributed by atoms with Crippen molar-refractivity contribution in [3.63, 3.8) is 0 Å². The van der Waals surface area contributed by atoms with E-state index in [1.54, 1.807) is 42.5 Å². The molecular formula is C24H26NO10P. The van der Waals surface area contributed by atoms with Gasteiger partial charge in [-0.2, -0.15) is 0 Å². The topological polar surface area (TPSA) is 138 Å². The molecule has 0 bridgehead atoms. The maximum absolute atomic E-state index is 13.2. The molecule has 192 valence electrons. The molecule has 1 N–H and O–H groups in total. The number of phosphoric acid groups is 1. The summed E-state index contributed by atoms with van der Waals surface area (Å²) in [6, 6.07) is 14.5. The van der Waals surface area contributed by atoms with Gasteiger partial charge in [-0.25, -0.2) is 9.36 Å². The van der Waals surface area contributed by atoms with E-state index in [1.807, 2.05) is 0 Å². The summed E-state index contributed by atoms with van der Waals surface area (Å²) in [7, 11) is -4.15. The zero-order valence-electron chi connectivity index (χ0n) is 19.3. The van der Waals surface area contributed by atoms with Crippen molar-refractivity contribution in [2.75, 3.05) is 39.6 Å². The van der Waals surface area contributed by atoms with Crippen molar-refractivity contribution < 1.29 is 47.1 Å².